The minimum Gasteiger partial charge on any atom is -0.472 e. The summed E-state index contributed by atoms with van der Waals surface area (Å²) in [5.41, 5.74) is 9.45. The van der Waals surface area contributed by atoms with Crippen molar-refractivity contribution < 1.29 is 24.5 Å². The van der Waals surface area contributed by atoms with Gasteiger partial charge in [0, 0.05) is 12.2 Å². The highest BCUT2D eigenvalue weighted by Crippen LogP contribution is 2.35. The molecule has 0 aliphatic heterocycles. The van der Waals surface area contributed by atoms with Gasteiger partial charge in [-0.2, -0.15) is 4.98 Å². The van der Waals surface area contributed by atoms with E-state index in [2.05, 4.69) is 9.97 Å². The van der Waals surface area contributed by atoms with Crippen molar-refractivity contribution in [2.45, 2.75) is 31.3 Å². The Morgan fingerprint density at radius 3 is 2.42 bits per heavy atom. The molecule has 0 fully saturated rings. The van der Waals surface area contributed by atoms with Crippen molar-refractivity contribution in [1.29, 1.82) is 0 Å². The molecule has 2 aromatic carbocycles. The van der Waals surface area contributed by atoms with E-state index < -0.39 is 24.6 Å². The van der Waals surface area contributed by atoms with Crippen molar-refractivity contribution in [2.24, 2.45) is 5.73 Å². The number of hydrogen-bond donors (Lipinski definition) is 3. The largest absolute Gasteiger partial charge is 0.472 e. The van der Waals surface area contributed by atoms with E-state index in [0.29, 0.717) is 29.5 Å². The Morgan fingerprint density at radius 1 is 1.08 bits per heavy atom. The van der Waals surface area contributed by atoms with E-state index in [-0.39, 0.29) is 16.8 Å². The minimum atomic E-state index is -1.76. The van der Waals surface area contributed by atoms with Crippen LogP contribution in [-0.4, -0.2) is 55.6 Å². The third-order valence-electron chi connectivity index (χ3n) is 5.72. The molecule has 0 saturated heterocycles. The molecule has 4 rings (SSSR count). The number of nitrogens with zero attached hydrogens (tertiary/aromatic N) is 3. The van der Waals surface area contributed by atoms with Crippen molar-refractivity contribution in [2.75, 3.05) is 12.9 Å². The Morgan fingerprint density at radius 2 is 1.78 bits per heavy atom. The van der Waals surface area contributed by atoms with Gasteiger partial charge >= 0.3 is 0 Å². The van der Waals surface area contributed by atoms with E-state index in [1.54, 1.807) is 6.26 Å². The van der Waals surface area contributed by atoms with E-state index in [1.807, 2.05) is 66.1 Å². The third kappa shape index (κ3) is 4.97. The van der Waals surface area contributed by atoms with Crippen LogP contribution in [0, 0.1) is 0 Å². The Bertz CT molecular complexity index is 1420. The van der Waals surface area contributed by atoms with Gasteiger partial charge in [-0.15, -0.1) is 0 Å². The molecule has 0 spiro atoms. The lowest BCUT2D eigenvalue weighted by Crippen LogP contribution is -2.24. The second-order valence-corrected chi connectivity index (χ2v) is 8.76. The molecule has 9 nitrogen and oxygen atoms in total. The molecule has 2 heterocycles. The van der Waals surface area contributed by atoms with Gasteiger partial charge in [-0.1, -0.05) is 73.3 Å². The summed E-state index contributed by atoms with van der Waals surface area (Å²) < 4.78 is 7.44. The highest BCUT2D eigenvalue weighted by molar-refractivity contribution is 7.98. The predicted octanol–water partition coefficient (Wildman–Crippen LogP) is 2.79. The fraction of sp³-hybridized carbons (Fsp3) is 0.231. The molecule has 4 aromatic rings. The number of Topliss-reactive ketones (excluding diaryl/α,β-unsaturated/α-hetero) is 1. The van der Waals surface area contributed by atoms with E-state index in [1.165, 1.54) is 11.8 Å². The summed E-state index contributed by atoms with van der Waals surface area (Å²) in [4.78, 5) is 34.1. The van der Waals surface area contributed by atoms with Gasteiger partial charge in [-0.25, -0.2) is 4.98 Å². The molecule has 10 heteroatoms. The van der Waals surface area contributed by atoms with Gasteiger partial charge in [0.2, 0.25) is 5.88 Å². The minimum absolute atomic E-state index is 0.0214. The first-order valence-electron chi connectivity index (χ1n) is 11.3. The fourth-order valence-electron chi connectivity index (χ4n) is 4.21. The summed E-state index contributed by atoms with van der Waals surface area (Å²) in [5.74, 6) is -2.02. The Balaban J connectivity index is 2.00. The van der Waals surface area contributed by atoms with Crippen LogP contribution in [0.5, 0.6) is 5.88 Å². The topological polar surface area (TPSA) is 141 Å². The predicted molar refractivity (Wildman–Crippen MR) is 137 cm³/mol. The van der Waals surface area contributed by atoms with E-state index >= 15 is 0 Å². The van der Waals surface area contributed by atoms with Crippen LogP contribution < -0.4 is 10.5 Å². The second-order valence-electron chi connectivity index (χ2n) is 7.98. The highest BCUT2D eigenvalue weighted by atomic mass is 32.2. The quantitative estimate of drug-likeness (QED) is 0.0981. The number of primary amides is 1. The first-order chi connectivity index (χ1) is 17.3. The van der Waals surface area contributed by atoms with Crippen LogP contribution >= 0.6 is 11.8 Å². The zero-order valence-electron chi connectivity index (χ0n) is 19.8. The number of ketones is 1. The van der Waals surface area contributed by atoms with Crippen molar-refractivity contribution in [3.05, 3.63) is 71.4 Å². The van der Waals surface area contributed by atoms with Crippen molar-refractivity contribution >= 4 is 34.5 Å². The summed E-state index contributed by atoms with van der Waals surface area (Å²) in [5, 5.41) is 19.3. The van der Waals surface area contributed by atoms with Crippen molar-refractivity contribution in [3.8, 4) is 17.0 Å². The molecule has 36 heavy (non-hydrogen) atoms. The molecule has 0 saturated carbocycles. The number of aliphatic hydroxyl groups is 2. The Hall–Kier alpha value is -3.73. The Kier molecular flexibility index (Phi) is 7.68. The molecule has 0 radical (unpaired) electrons. The smallest absolute Gasteiger partial charge is 0.289 e. The van der Waals surface area contributed by atoms with Gasteiger partial charge in [-0.3, -0.25) is 9.59 Å². The number of amides is 1. The number of carbonyl (C=O) groups excluding carboxylic acids is 2. The van der Waals surface area contributed by atoms with Gasteiger partial charge in [0.25, 0.3) is 11.7 Å². The molecule has 0 bridgehead atoms. The number of aliphatic hydroxyl groups excluding tert-OH is 1. The van der Waals surface area contributed by atoms with Crippen LogP contribution in [0.4, 0.5) is 0 Å². The third-order valence-corrected chi connectivity index (χ3v) is 6.27. The summed E-state index contributed by atoms with van der Waals surface area (Å²) in [6, 6.07) is 17.9. The summed E-state index contributed by atoms with van der Waals surface area (Å²) in [7, 11) is 0. The Labute approximate surface area is 211 Å². The SMILES string of the molecule is CCc1c(C(=O)C(N)=O)c2c(OCC(O)O)nc(SC)nc2n1Cc1ccccc1-c1ccccc1. The number of fused-ring (bicyclic) bond motifs is 1. The molecule has 0 atom stereocenters. The van der Waals surface area contributed by atoms with Gasteiger partial charge in [0.05, 0.1) is 10.9 Å². The lowest BCUT2D eigenvalue weighted by Gasteiger charge is -2.14. The highest BCUT2D eigenvalue weighted by Gasteiger charge is 2.30. The van der Waals surface area contributed by atoms with E-state index in [9.17, 15) is 19.8 Å². The maximum absolute atomic E-state index is 13.0. The van der Waals surface area contributed by atoms with Crippen LogP contribution in [0.3, 0.4) is 0 Å². The number of aromatic nitrogens is 3. The first kappa shape index (κ1) is 25.4. The van der Waals surface area contributed by atoms with Gasteiger partial charge in [0.15, 0.2) is 11.4 Å². The molecule has 2 aromatic heterocycles. The maximum atomic E-state index is 13.0. The molecule has 186 valence electrons. The number of ether oxygens (including phenoxy) is 1. The lowest BCUT2D eigenvalue weighted by atomic mass is 9.99. The van der Waals surface area contributed by atoms with Crippen LogP contribution in [0.1, 0.15) is 28.5 Å². The van der Waals surface area contributed by atoms with Gasteiger partial charge in [0.1, 0.15) is 12.3 Å². The van der Waals surface area contributed by atoms with Crippen LogP contribution in [0.2, 0.25) is 0 Å². The molecule has 1 amide bonds. The number of carbonyl (C=O) groups is 2. The normalized spacial score (nSPS) is 11.2. The monoisotopic (exact) mass is 506 g/mol. The molecule has 0 aliphatic rings. The summed E-state index contributed by atoms with van der Waals surface area (Å²) in [6.45, 7) is 1.74. The van der Waals surface area contributed by atoms with Gasteiger partial charge < -0.3 is 25.3 Å². The average Bonchev–Trinajstić information content (AvgIpc) is 3.20. The molecule has 0 unspecified atom stereocenters. The summed E-state index contributed by atoms with van der Waals surface area (Å²) >= 11 is 1.27. The van der Waals surface area contributed by atoms with Crippen molar-refractivity contribution in [1.82, 2.24) is 14.5 Å². The number of hydrogen-bond acceptors (Lipinski definition) is 8. The van der Waals surface area contributed by atoms with Crippen LogP contribution in [0.15, 0.2) is 59.8 Å². The number of thioether (sulfide) groups is 1. The fourth-order valence-corrected chi connectivity index (χ4v) is 4.57. The standard InChI is InChI=1S/C26H26N4O5S/c1-3-18-20(22(33)23(27)34)21-24(28-26(36-2)29-25(21)35-14-19(31)32)30(18)13-16-11-7-8-12-17(16)15-9-5-4-6-10-15/h4-12,19,31-32H,3,13-14H2,1-2H3,(H2,27,34). The average molecular weight is 507 g/mol. The second kappa shape index (κ2) is 10.9. The van der Waals surface area contributed by atoms with Crippen molar-refractivity contribution in [3.63, 3.8) is 0 Å². The zero-order chi connectivity index (χ0) is 25.8. The number of nitrogens with two attached hydrogens (primary N) is 1. The lowest BCUT2D eigenvalue weighted by molar-refractivity contribution is -0.114. The molecular formula is C26H26N4O5S. The van der Waals surface area contributed by atoms with E-state index in [0.717, 1.165) is 16.7 Å². The molecular weight excluding hydrogens is 480 g/mol. The van der Waals surface area contributed by atoms with Gasteiger partial charge in [-0.05, 0) is 29.4 Å². The number of rotatable bonds is 10. The zero-order valence-corrected chi connectivity index (χ0v) is 20.7. The molecule has 4 N–H and O–H groups in total. The van der Waals surface area contributed by atoms with E-state index in [4.69, 9.17) is 10.5 Å². The van der Waals surface area contributed by atoms with Crippen LogP contribution in [0.25, 0.3) is 22.2 Å². The maximum Gasteiger partial charge on any atom is 0.289 e. The number of benzene rings is 2. The van der Waals surface area contributed by atoms with Crippen LogP contribution in [-0.2, 0) is 17.8 Å². The summed E-state index contributed by atoms with van der Waals surface area (Å²) in [6.07, 6.45) is 0.433. The molecule has 0 aliphatic carbocycles. The first-order valence-corrected chi connectivity index (χ1v) is 12.5.